The van der Waals surface area contributed by atoms with E-state index in [1.807, 2.05) is 0 Å². The fourth-order valence-corrected chi connectivity index (χ4v) is 2.49. The van der Waals surface area contributed by atoms with Gasteiger partial charge in [0.2, 0.25) is 0 Å². The maximum Gasteiger partial charge on any atom is 0.344 e. The van der Waals surface area contributed by atoms with Crippen LogP contribution in [0.3, 0.4) is 0 Å². The number of nitrogens with zero attached hydrogens (tertiary/aromatic N) is 1. The Kier molecular flexibility index (Phi) is 5.84. The van der Waals surface area contributed by atoms with E-state index < -0.39 is 17.4 Å². The Hall–Kier alpha value is -2.77. The van der Waals surface area contributed by atoms with E-state index in [-0.39, 0.29) is 19.2 Å². The van der Waals surface area contributed by atoms with Gasteiger partial charge in [-0.25, -0.2) is 9.59 Å². The topological polar surface area (TPSA) is 105 Å². The molecule has 8 nitrogen and oxygen atoms in total. The molecule has 1 fully saturated rings. The molecule has 8 heteroatoms. The van der Waals surface area contributed by atoms with E-state index in [4.69, 9.17) is 9.47 Å². The average molecular weight is 350 g/mol. The van der Waals surface area contributed by atoms with Crippen LogP contribution in [0.5, 0.6) is 5.75 Å². The van der Waals surface area contributed by atoms with E-state index >= 15 is 0 Å². The second kappa shape index (κ2) is 7.87. The van der Waals surface area contributed by atoms with Crippen molar-refractivity contribution in [2.45, 2.75) is 20.3 Å². The number of urea groups is 1. The summed E-state index contributed by atoms with van der Waals surface area (Å²) < 4.78 is 10.0. The summed E-state index contributed by atoms with van der Waals surface area (Å²) in [5.41, 5.74) is -0.347. The van der Waals surface area contributed by atoms with Crippen LogP contribution >= 0.6 is 0 Å². The van der Waals surface area contributed by atoms with Gasteiger partial charge in [0, 0.05) is 18.8 Å². The number of rotatable bonds is 6. The molecular formula is C17H22N2O6. The van der Waals surface area contributed by atoms with E-state index in [0.29, 0.717) is 31.0 Å². The first-order valence-corrected chi connectivity index (χ1v) is 8.02. The lowest BCUT2D eigenvalue weighted by Crippen LogP contribution is -2.37. The summed E-state index contributed by atoms with van der Waals surface area (Å²) >= 11 is 0. The SMILES string of the molecule is CCOC(=O)COc1ccc(NC(=O)N2CCC(C)(C(=O)O)C2)cc1. The largest absolute Gasteiger partial charge is 0.482 e. The van der Waals surface area contributed by atoms with Crippen LogP contribution in [0.4, 0.5) is 10.5 Å². The molecule has 1 unspecified atom stereocenters. The van der Waals surface area contributed by atoms with Gasteiger partial charge in [-0.1, -0.05) is 0 Å². The zero-order chi connectivity index (χ0) is 18.4. The van der Waals surface area contributed by atoms with E-state index in [1.54, 1.807) is 38.1 Å². The molecule has 1 heterocycles. The van der Waals surface area contributed by atoms with Crippen molar-refractivity contribution in [2.75, 3.05) is 31.6 Å². The van der Waals surface area contributed by atoms with Crippen LogP contribution in [-0.4, -0.2) is 54.3 Å². The first kappa shape index (κ1) is 18.6. The lowest BCUT2D eigenvalue weighted by atomic mass is 9.90. The highest BCUT2D eigenvalue weighted by molar-refractivity contribution is 5.90. The highest BCUT2D eigenvalue weighted by Gasteiger charge is 2.42. The maximum atomic E-state index is 12.2. The minimum absolute atomic E-state index is 0.175. The third-order valence-corrected chi connectivity index (χ3v) is 4.04. The van der Waals surface area contributed by atoms with Crippen molar-refractivity contribution in [3.8, 4) is 5.75 Å². The monoisotopic (exact) mass is 350 g/mol. The fraction of sp³-hybridized carbons (Fsp3) is 0.471. The average Bonchev–Trinajstić information content (AvgIpc) is 2.98. The summed E-state index contributed by atoms with van der Waals surface area (Å²) in [5, 5.41) is 11.9. The molecular weight excluding hydrogens is 328 g/mol. The van der Waals surface area contributed by atoms with Gasteiger partial charge in [-0.15, -0.1) is 0 Å². The van der Waals surface area contributed by atoms with Crippen molar-refractivity contribution in [1.82, 2.24) is 4.90 Å². The Morgan fingerprint density at radius 3 is 2.52 bits per heavy atom. The minimum Gasteiger partial charge on any atom is -0.482 e. The second-order valence-electron chi connectivity index (χ2n) is 6.09. The van der Waals surface area contributed by atoms with E-state index in [9.17, 15) is 19.5 Å². The molecule has 2 amide bonds. The molecule has 0 spiro atoms. The van der Waals surface area contributed by atoms with Crippen molar-refractivity contribution in [1.29, 1.82) is 0 Å². The normalized spacial score (nSPS) is 19.4. The standard InChI is InChI=1S/C17H22N2O6/c1-3-24-14(20)10-25-13-6-4-12(5-7-13)18-16(23)19-9-8-17(2,11-19)15(21)22/h4-7H,3,8-11H2,1-2H3,(H,18,23)(H,21,22). The van der Waals surface area contributed by atoms with Crippen LogP contribution in [0, 0.1) is 5.41 Å². The summed E-state index contributed by atoms with van der Waals surface area (Å²) in [6, 6.07) is 6.20. The Balaban J connectivity index is 1.86. The Labute approximate surface area is 145 Å². The lowest BCUT2D eigenvalue weighted by Gasteiger charge is -2.20. The van der Waals surface area contributed by atoms with Crippen LogP contribution in [0.15, 0.2) is 24.3 Å². The third kappa shape index (κ3) is 4.85. The summed E-state index contributed by atoms with van der Waals surface area (Å²) in [5.74, 6) is -0.869. The third-order valence-electron chi connectivity index (χ3n) is 4.04. The second-order valence-corrected chi connectivity index (χ2v) is 6.09. The number of carboxylic acid groups (broad SMARTS) is 1. The number of ether oxygens (including phenoxy) is 2. The quantitative estimate of drug-likeness (QED) is 0.760. The van der Waals surface area contributed by atoms with Gasteiger partial charge in [0.1, 0.15) is 5.75 Å². The number of benzene rings is 1. The number of amides is 2. The number of carbonyl (C=O) groups excluding carboxylic acids is 2. The number of esters is 1. The van der Waals surface area contributed by atoms with Crippen molar-refractivity contribution in [3.05, 3.63) is 24.3 Å². The molecule has 0 bridgehead atoms. The van der Waals surface area contributed by atoms with Gasteiger partial charge in [-0.2, -0.15) is 0 Å². The molecule has 25 heavy (non-hydrogen) atoms. The predicted molar refractivity (Wildman–Crippen MR) is 89.5 cm³/mol. The number of hydrogen-bond acceptors (Lipinski definition) is 5. The highest BCUT2D eigenvalue weighted by atomic mass is 16.6. The zero-order valence-electron chi connectivity index (χ0n) is 14.3. The van der Waals surface area contributed by atoms with Crippen molar-refractivity contribution in [3.63, 3.8) is 0 Å². The fourth-order valence-electron chi connectivity index (χ4n) is 2.49. The first-order chi connectivity index (χ1) is 11.8. The molecule has 0 aromatic heterocycles. The Bertz CT molecular complexity index is 645. The molecule has 0 radical (unpaired) electrons. The molecule has 136 valence electrons. The van der Waals surface area contributed by atoms with Gasteiger partial charge >= 0.3 is 18.0 Å². The van der Waals surface area contributed by atoms with Gasteiger partial charge in [0.15, 0.2) is 6.61 Å². The smallest absolute Gasteiger partial charge is 0.344 e. The number of nitrogens with one attached hydrogen (secondary N) is 1. The van der Waals surface area contributed by atoms with Crippen molar-refractivity contribution >= 4 is 23.7 Å². The minimum atomic E-state index is -0.901. The van der Waals surface area contributed by atoms with Crippen LogP contribution in [0.2, 0.25) is 0 Å². The van der Waals surface area contributed by atoms with Gasteiger partial charge < -0.3 is 24.8 Å². The Morgan fingerprint density at radius 2 is 1.96 bits per heavy atom. The molecule has 2 N–H and O–H groups in total. The van der Waals surface area contributed by atoms with Crippen LogP contribution < -0.4 is 10.1 Å². The number of carbonyl (C=O) groups is 3. The Morgan fingerprint density at radius 1 is 1.28 bits per heavy atom. The highest BCUT2D eigenvalue weighted by Crippen LogP contribution is 2.30. The van der Waals surface area contributed by atoms with Gasteiger partial charge in [-0.3, -0.25) is 4.79 Å². The molecule has 0 aliphatic carbocycles. The number of anilines is 1. The van der Waals surface area contributed by atoms with Gasteiger partial charge in [0.25, 0.3) is 0 Å². The summed E-state index contributed by atoms with van der Waals surface area (Å²) in [4.78, 5) is 36.2. The molecule has 1 aromatic carbocycles. The molecule has 1 atom stereocenters. The van der Waals surface area contributed by atoms with Crippen LogP contribution in [-0.2, 0) is 14.3 Å². The summed E-state index contributed by atoms with van der Waals surface area (Å²) in [6.07, 6.45) is 0.427. The number of hydrogen-bond donors (Lipinski definition) is 2. The molecule has 2 rings (SSSR count). The van der Waals surface area contributed by atoms with Crippen LogP contribution in [0.1, 0.15) is 20.3 Å². The van der Waals surface area contributed by atoms with E-state index in [1.165, 1.54) is 4.90 Å². The van der Waals surface area contributed by atoms with E-state index in [2.05, 4.69) is 5.32 Å². The van der Waals surface area contributed by atoms with Gasteiger partial charge in [-0.05, 0) is 44.5 Å². The van der Waals surface area contributed by atoms with Gasteiger partial charge in [0.05, 0.1) is 12.0 Å². The summed E-state index contributed by atoms with van der Waals surface area (Å²) in [6.45, 7) is 4.04. The predicted octanol–water partition coefficient (Wildman–Crippen LogP) is 1.96. The summed E-state index contributed by atoms with van der Waals surface area (Å²) in [7, 11) is 0. The zero-order valence-corrected chi connectivity index (χ0v) is 14.3. The van der Waals surface area contributed by atoms with E-state index in [0.717, 1.165) is 0 Å². The van der Waals surface area contributed by atoms with Crippen molar-refractivity contribution in [2.24, 2.45) is 5.41 Å². The molecule has 0 saturated carbocycles. The lowest BCUT2D eigenvalue weighted by molar-refractivity contribution is -0.147. The van der Waals surface area contributed by atoms with Crippen LogP contribution in [0.25, 0.3) is 0 Å². The molecule has 1 aliphatic heterocycles. The van der Waals surface area contributed by atoms with Crippen molar-refractivity contribution < 1.29 is 29.0 Å². The number of carboxylic acids is 1. The molecule has 1 aliphatic rings. The first-order valence-electron chi connectivity index (χ1n) is 8.02. The molecule has 1 aromatic rings. The number of likely N-dealkylation sites (tertiary alicyclic amines) is 1. The maximum absolute atomic E-state index is 12.2. The number of aliphatic carboxylic acids is 1. The molecule has 1 saturated heterocycles.